The Morgan fingerprint density at radius 2 is 1.77 bits per heavy atom. The highest BCUT2D eigenvalue weighted by molar-refractivity contribution is 7.92. The molecule has 26 heavy (non-hydrogen) atoms. The summed E-state index contributed by atoms with van der Waals surface area (Å²) < 4.78 is 38.4. The van der Waals surface area contributed by atoms with Crippen LogP contribution < -0.4 is 0 Å². The Bertz CT molecular complexity index is 760. The SMILES string of the molecule is O=C(N1CCC(O)(CO)CC1)N1CCC(S(=O)(=O)c2ccc(F)cc2)C1. The molecule has 0 bridgehead atoms. The van der Waals surface area contributed by atoms with Gasteiger partial charge in [0.1, 0.15) is 5.82 Å². The number of nitrogens with zero attached hydrogens (tertiary/aromatic N) is 2. The van der Waals surface area contributed by atoms with Crippen LogP contribution >= 0.6 is 0 Å². The Labute approximate surface area is 151 Å². The molecule has 0 saturated carbocycles. The van der Waals surface area contributed by atoms with E-state index < -0.39 is 26.5 Å². The van der Waals surface area contributed by atoms with Crippen LogP contribution in [0.25, 0.3) is 0 Å². The predicted molar refractivity (Wildman–Crippen MR) is 91.8 cm³/mol. The molecular formula is C17H23FN2O5S. The van der Waals surface area contributed by atoms with Gasteiger partial charge in [-0.25, -0.2) is 17.6 Å². The van der Waals surface area contributed by atoms with Gasteiger partial charge in [0, 0.05) is 26.2 Å². The third kappa shape index (κ3) is 3.70. The number of carbonyl (C=O) groups is 1. The van der Waals surface area contributed by atoms with Crippen molar-refractivity contribution < 1.29 is 27.8 Å². The Kier molecular flexibility index (Phi) is 5.23. The molecule has 1 unspecified atom stereocenters. The van der Waals surface area contributed by atoms with Crippen LogP contribution in [0.1, 0.15) is 19.3 Å². The zero-order valence-corrected chi connectivity index (χ0v) is 15.2. The largest absolute Gasteiger partial charge is 0.393 e. The monoisotopic (exact) mass is 386 g/mol. The van der Waals surface area contributed by atoms with Crippen molar-refractivity contribution in [2.45, 2.75) is 35.0 Å². The number of hydrogen-bond donors (Lipinski definition) is 2. The first kappa shape index (κ1) is 19.1. The summed E-state index contributed by atoms with van der Waals surface area (Å²) in [6, 6.07) is 4.47. The maximum atomic E-state index is 13.0. The number of aliphatic hydroxyl groups is 2. The molecule has 7 nitrogen and oxygen atoms in total. The van der Waals surface area contributed by atoms with E-state index in [2.05, 4.69) is 0 Å². The summed E-state index contributed by atoms with van der Waals surface area (Å²) in [5.74, 6) is -0.500. The van der Waals surface area contributed by atoms with Gasteiger partial charge in [0.2, 0.25) is 0 Å². The van der Waals surface area contributed by atoms with Gasteiger partial charge in [-0.1, -0.05) is 0 Å². The van der Waals surface area contributed by atoms with E-state index in [4.69, 9.17) is 0 Å². The number of urea groups is 1. The van der Waals surface area contributed by atoms with Crippen molar-refractivity contribution in [3.63, 3.8) is 0 Å². The second-order valence-electron chi connectivity index (χ2n) is 7.01. The lowest BCUT2D eigenvalue weighted by Crippen LogP contribution is -2.52. The number of rotatable bonds is 3. The third-order valence-corrected chi connectivity index (χ3v) is 7.45. The van der Waals surface area contributed by atoms with Gasteiger partial charge >= 0.3 is 6.03 Å². The van der Waals surface area contributed by atoms with Crippen molar-refractivity contribution >= 4 is 15.9 Å². The van der Waals surface area contributed by atoms with E-state index in [0.717, 1.165) is 12.1 Å². The van der Waals surface area contributed by atoms with E-state index in [-0.39, 0.29) is 24.1 Å². The number of likely N-dealkylation sites (tertiary alicyclic amines) is 2. The predicted octanol–water partition coefficient (Wildman–Crippen LogP) is 0.613. The maximum absolute atomic E-state index is 13.0. The van der Waals surface area contributed by atoms with Crippen molar-refractivity contribution in [1.82, 2.24) is 9.80 Å². The Morgan fingerprint density at radius 1 is 1.15 bits per heavy atom. The first-order valence-corrected chi connectivity index (χ1v) is 10.2. The Balaban J connectivity index is 1.63. The van der Waals surface area contributed by atoms with Gasteiger partial charge in [0.15, 0.2) is 9.84 Å². The van der Waals surface area contributed by atoms with Crippen LogP contribution in [0.5, 0.6) is 0 Å². The lowest BCUT2D eigenvalue weighted by atomic mass is 9.93. The first-order chi connectivity index (χ1) is 12.2. The van der Waals surface area contributed by atoms with Gasteiger partial charge < -0.3 is 20.0 Å². The molecule has 1 aromatic rings. The van der Waals surface area contributed by atoms with E-state index >= 15 is 0 Å². The van der Waals surface area contributed by atoms with E-state index in [1.807, 2.05) is 0 Å². The molecule has 2 N–H and O–H groups in total. The van der Waals surface area contributed by atoms with E-state index in [9.17, 15) is 27.8 Å². The summed E-state index contributed by atoms with van der Waals surface area (Å²) in [5.41, 5.74) is -1.14. The van der Waals surface area contributed by atoms with Crippen molar-refractivity contribution in [3.05, 3.63) is 30.1 Å². The molecule has 144 valence electrons. The maximum Gasteiger partial charge on any atom is 0.320 e. The average molecular weight is 386 g/mol. The molecule has 0 aromatic heterocycles. The number of carbonyl (C=O) groups excluding carboxylic acids is 1. The number of halogens is 1. The minimum absolute atomic E-state index is 0.0594. The summed E-state index contributed by atoms with van der Waals surface area (Å²) >= 11 is 0. The molecule has 2 aliphatic heterocycles. The van der Waals surface area contributed by atoms with Crippen molar-refractivity contribution in [2.75, 3.05) is 32.8 Å². The van der Waals surface area contributed by atoms with Crippen LogP contribution in [0.3, 0.4) is 0 Å². The van der Waals surface area contributed by atoms with Gasteiger partial charge in [0.25, 0.3) is 0 Å². The number of aliphatic hydroxyl groups excluding tert-OH is 1. The minimum atomic E-state index is -3.63. The standard InChI is InChI=1S/C17H23FN2O5S/c18-13-1-3-14(4-2-13)26(24,25)15-5-8-20(11-15)16(22)19-9-6-17(23,12-21)7-10-19/h1-4,15,21,23H,5-12H2. The molecule has 0 radical (unpaired) electrons. The van der Waals surface area contributed by atoms with Gasteiger partial charge in [-0.05, 0) is 43.5 Å². The topological polar surface area (TPSA) is 98.2 Å². The fraction of sp³-hybridized carbons (Fsp3) is 0.588. The highest BCUT2D eigenvalue weighted by Crippen LogP contribution is 2.27. The number of sulfone groups is 1. The minimum Gasteiger partial charge on any atom is -0.393 e. The van der Waals surface area contributed by atoms with Crippen LogP contribution in [-0.2, 0) is 9.84 Å². The van der Waals surface area contributed by atoms with E-state index in [1.54, 1.807) is 4.90 Å². The van der Waals surface area contributed by atoms with Crippen LogP contribution in [0.15, 0.2) is 29.2 Å². The van der Waals surface area contributed by atoms with Crippen LogP contribution in [-0.4, -0.2) is 78.1 Å². The first-order valence-electron chi connectivity index (χ1n) is 8.62. The lowest BCUT2D eigenvalue weighted by Gasteiger charge is -2.38. The number of hydrogen-bond acceptors (Lipinski definition) is 5. The van der Waals surface area contributed by atoms with Crippen LogP contribution in [0, 0.1) is 5.82 Å². The average Bonchev–Trinajstić information content (AvgIpc) is 3.13. The molecule has 0 spiro atoms. The fourth-order valence-corrected chi connectivity index (χ4v) is 5.14. The zero-order chi connectivity index (χ0) is 18.9. The molecule has 2 aliphatic rings. The van der Waals surface area contributed by atoms with Gasteiger partial charge in [-0.3, -0.25) is 0 Å². The van der Waals surface area contributed by atoms with Gasteiger partial charge in [0.05, 0.1) is 22.4 Å². The van der Waals surface area contributed by atoms with Crippen molar-refractivity contribution in [3.8, 4) is 0 Å². The molecular weight excluding hydrogens is 363 g/mol. The molecule has 2 fully saturated rings. The Hall–Kier alpha value is -1.71. The molecule has 1 atom stereocenters. The number of benzene rings is 1. The molecule has 9 heteroatoms. The summed E-state index contributed by atoms with van der Waals surface area (Å²) in [5, 5.41) is 18.5. The fourth-order valence-electron chi connectivity index (χ4n) is 3.44. The second kappa shape index (κ2) is 7.13. The van der Waals surface area contributed by atoms with E-state index in [1.165, 1.54) is 17.0 Å². The molecule has 2 heterocycles. The molecule has 2 saturated heterocycles. The zero-order valence-electron chi connectivity index (χ0n) is 14.3. The highest BCUT2D eigenvalue weighted by atomic mass is 32.2. The molecule has 1 aromatic carbocycles. The smallest absolute Gasteiger partial charge is 0.320 e. The van der Waals surface area contributed by atoms with Crippen LogP contribution in [0.4, 0.5) is 9.18 Å². The third-order valence-electron chi connectivity index (χ3n) is 5.26. The number of piperidine rings is 1. The molecule has 0 aliphatic carbocycles. The highest BCUT2D eigenvalue weighted by Gasteiger charge is 2.39. The van der Waals surface area contributed by atoms with E-state index in [0.29, 0.717) is 38.9 Å². The molecule has 2 amide bonds. The van der Waals surface area contributed by atoms with Crippen LogP contribution in [0.2, 0.25) is 0 Å². The normalized spacial score (nSPS) is 23.3. The lowest BCUT2D eigenvalue weighted by molar-refractivity contribution is -0.0541. The Morgan fingerprint density at radius 3 is 2.35 bits per heavy atom. The summed E-state index contributed by atoms with van der Waals surface area (Å²) in [6.45, 7) is 0.740. The summed E-state index contributed by atoms with van der Waals surface area (Å²) in [4.78, 5) is 15.8. The second-order valence-corrected chi connectivity index (χ2v) is 9.24. The quantitative estimate of drug-likeness (QED) is 0.742. The van der Waals surface area contributed by atoms with Gasteiger partial charge in [-0.2, -0.15) is 0 Å². The summed E-state index contributed by atoms with van der Waals surface area (Å²) in [6.07, 6.45) is 0.917. The molecule has 3 rings (SSSR count). The summed E-state index contributed by atoms with van der Waals surface area (Å²) in [7, 11) is -3.63. The van der Waals surface area contributed by atoms with Crippen molar-refractivity contribution in [2.24, 2.45) is 0 Å². The van der Waals surface area contributed by atoms with Gasteiger partial charge in [-0.15, -0.1) is 0 Å². The number of amides is 2. The van der Waals surface area contributed by atoms with Crippen molar-refractivity contribution in [1.29, 1.82) is 0 Å².